The zero-order valence-corrected chi connectivity index (χ0v) is 23.2. The number of hydrogen-bond acceptors (Lipinski definition) is 1. The van der Waals surface area contributed by atoms with Crippen molar-refractivity contribution in [2.75, 3.05) is 0 Å². The summed E-state index contributed by atoms with van der Waals surface area (Å²) in [5, 5.41) is 6.21. The Morgan fingerprint density at radius 1 is 0.622 bits per heavy atom. The van der Waals surface area contributed by atoms with Crippen LogP contribution in [0.2, 0.25) is 0 Å². The molecule has 5 aromatic carbocycles. The van der Waals surface area contributed by atoms with Crippen molar-refractivity contribution in [3.63, 3.8) is 0 Å². The molecule has 4 heteroatoms. The molecule has 2 atom stereocenters. The van der Waals surface area contributed by atoms with E-state index in [9.17, 15) is 4.21 Å². The Labute approximate surface area is 224 Å². The molecule has 0 fully saturated rings. The number of benzene rings is 5. The molecule has 1 N–H and O–H groups in total. The molecule has 0 aliphatic rings. The van der Waals surface area contributed by atoms with Crippen LogP contribution in [0.25, 0.3) is 10.8 Å². The van der Waals surface area contributed by atoms with Crippen molar-refractivity contribution in [3.8, 4) is 0 Å². The van der Waals surface area contributed by atoms with E-state index in [2.05, 4.69) is 132 Å². The van der Waals surface area contributed by atoms with Gasteiger partial charge in [-0.25, -0.2) is 8.93 Å². The van der Waals surface area contributed by atoms with Gasteiger partial charge >= 0.3 is 0 Å². The molecule has 2 nitrogen and oxygen atoms in total. The lowest BCUT2D eigenvalue weighted by Crippen LogP contribution is -2.38. The van der Waals surface area contributed by atoms with E-state index in [1.165, 1.54) is 26.7 Å². The molecular formula is C33H32NOPS. The maximum atomic E-state index is 13.6. The Balaban J connectivity index is 1.75. The van der Waals surface area contributed by atoms with Crippen LogP contribution in [0, 0.1) is 0 Å². The van der Waals surface area contributed by atoms with Gasteiger partial charge in [0.05, 0.1) is 21.8 Å². The lowest BCUT2D eigenvalue weighted by atomic mass is 9.94. The fraction of sp³-hybridized carbons (Fsp3) is 0.152. The third-order valence-electron chi connectivity index (χ3n) is 6.43. The van der Waals surface area contributed by atoms with E-state index < -0.39 is 23.7 Å². The summed E-state index contributed by atoms with van der Waals surface area (Å²) in [4.78, 5) is 0. The highest BCUT2D eigenvalue weighted by Gasteiger charge is 2.29. The third kappa shape index (κ3) is 5.60. The summed E-state index contributed by atoms with van der Waals surface area (Å²) in [7, 11) is -2.09. The molecule has 0 saturated carbocycles. The number of hydrogen-bond donors (Lipinski definition) is 1. The standard InChI is InChI=1S/C33H32NOPS/c1-33(2,3)37(35)34-32(29-23-14-16-25-15-10-11-21-28(25)29)30-22-12-13-24-31(30)36(26-17-6-4-7-18-26)27-19-8-5-9-20-27/h4-24,32,34H,1-3H3/t32-,37?/m0/s1. The van der Waals surface area contributed by atoms with Gasteiger partial charge < -0.3 is 0 Å². The van der Waals surface area contributed by atoms with E-state index in [1.807, 2.05) is 20.8 Å². The van der Waals surface area contributed by atoms with E-state index in [1.54, 1.807) is 0 Å². The fourth-order valence-electron chi connectivity index (χ4n) is 4.60. The average Bonchev–Trinajstić information content (AvgIpc) is 2.93. The molecular weight excluding hydrogens is 489 g/mol. The van der Waals surface area contributed by atoms with E-state index in [0.717, 1.165) is 11.1 Å². The molecule has 5 aromatic rings. The largest absolute Gasteiger partial charge is 0.242 e. The van der Waals surface area contributed by atoms with Crippen molar-refractivity contribution < 1.29 is 4.21 Å². The maximum absolute atomic E-state index is 13.6. The summed E-state index contributed by atoms with van der Waals surface area (Å²) in [6, 6.07) is 44.8. The molecule has 0 spiro atoms. The van der Waals surface area contributed by atoms with Crippen LogP contribution in [0.5, 0.6) is 0 Å². The molecule has 0 aliphatic heterocycles. The van der Waals surface area contributed by atoms with Gasteiger partial charge in [0.25, 0.3) is 0 Å². The van der Waals surface area contributed by atoms with Crippen LogP contribution in [0.1, 0.15) is 37.9 Å². The highest BCUT2D eigenvalue weighted by atomic mass is 32.2. The second-order valence-electron chi connectivity index (χ2n) is 10.1. The van der Waals surface area contributed by atoms with E-state index in [4.69, 9.17) is 0 Å². The fourth-order valence-corrected chi connectivity index (χ4v) is 7.91. The predicted molar refractivity (Wildman–Crippen MR) is 162 cm³/mol. The van der Waals surface area contributed by atoms with Crippen LogP contribution < -0.4 is 20.6 Å². The molecule has 0 amide bonds. The van der Waals surface area contributed by atoms with Gasteiger partial charge in [-0.3, -0.25) is 0 Å². The molecule has 37 heavy (non-hydrogen) atoms. The van der Waals surface area contributed by atoms with Crippen molar-refractivity contribution in [1.29, 1.82) is 0 Å². The lowest BCUT2D eigenvalue weighted by molar-refractivity contribution is 0.624. The molecule has 0 saturated heterocycles. The predicted octanol–water partition coefficient (Wildman–Crippen LogP) is 6.74. The molecule has 0 aliphatic carbocycles. The van der Waals surface area contributed by atoms with Gasteiger partial charge in [0, 0.05) is 0 Å². The van der Waals surface area contributed by atoms with Crippen LogP contribution in [0.15, 0.2) is 127 Å². The van der Waals surface area contributed by atoms with Crippen LogP contribution in [0.3, 0.4) is 0 Å². The Morgan fingerprint density at radius 3 is 1.78 bits per heavy atom. The Bertz CT molecular complexity index is 1470. The highest BCUT2D eigenvalue weighted by molar-refractivity contribution is 7.84. The van der Waals surface area contributed by atoms with Gasteiger partial charge in [0.15, 0.2) is 0 Å². The van der Waals surface area contributed by atoms with Gasteiger partial charge in [-0.15, -0.1) is 0 Å². The number of rotatable bonds is 7. The second kappa shape index (κ2) is 11.1. The maximum Gasteiger partial charge on any atom is 0.0979 e. The van der Waals surface area contributed by atoms with Crippen molar-refractivity contribution in [2.24, 2.45) is 0 Å². The van der Waals surface area contributed by atoms with Crippen LogP contribution >= 0.6 is 7.92 Å². The first-order valence-corrected chi connectivity index (χ1v) is 15.1. The minimum absolute atomic E-state index is 0.236. The van der Waals surface area contributed by atoms with E-state index in [-0.39, 0.29) is 6.04 Å². The quantitative estimate of drug-likeness (QED) is 0.236. The van der Waals surface area contributed by atoms with Gasteiger partial charge in [0.1, 0.15) is 0 Å². The van der Waals surface area contributed by atoms with Gasteiger partial charge in [-0.1, -0.05) is 127 Å². The van der Waals surface area contributed by atoms with E-state index >= 15 is 0 Å². The average molecular weight is 522 g/mol. The summed E-state index contributed by atoms with van der Waals surface area (Å²) in [6.07, 6.45) is 0. The molecule has 1 unspecified atom stereocenters. The molecule has 0 radical (unpaired) electrons. The summed E-state index contributed by atoms with van der Waals surface area (Å²) in [5.41, 5.74) is 2.30. The molecule has 186 valence electrons. The van der Waals surface area contributed by atoms with Gasteiger partial charge in [-0.2, -0.15) is 0 Å². The summed E-state index contributed by atoms with van der Waals surface area (Å²) < 4.78 is 16.7. The molecule has 0 heterocycles. The summed E-state index contributed by atoms with van der Waals surface area (Å²) >= 11 is 0. The zero-order valence-electron chi connectivity index (χ0n) is 21.5. The van der Waals surface area contributed by atoms with Crippen LogP contribution in [0.4, 0.5) is 0 Å². The first kappa shape index (κ1) is 25.5. The van der Waals surface area contributed by atoms with Crippen LogP contribution in [-0.4, -0.2) is 8.96 Å². The third-order valence-corrected chi connectivity index (χ3v) is 10.5. The van der Waals surface area contributed by atoms with E-state index in [0.29, 0.717) is 0 Å². The first-order valence-electron chi connectivity index (χ1n) is 12.6. The first-order chi connectivity index (χ1) is 17.9. The smallest absolute Gasteiger partial charge is 0.0979 e. The summed E-state index contributed by atoms with van der Waals surface area (Å²) in [5.74, 6) is 0. The van der Waals surface area contributed by atoms with Crippen molar-refractivity contribution >= 4 is 45.6 Å². The number of nitrogens with one attached hydrogen (secondary N) is 1. The number of fused-ring (bicyclic) bond motifs is 1. The zero-order chi connectivity index (χ0) is 25.8. The summed E-state index contributed by atoms with van der Waals surface area (Å²) in [6.45, 7) is 6.05. The second-order valence-corrected chi connectivity index (χ2v) is 14.2. The minimum Gasteiger partial charge on any atom is -0.242 e. The van der Waals surface area contributed by atoms with Gasteiger partial charge in [-0.05, 0) is 66.5 Å². The topological polar surface area (TPSA) is 29.1 Å². The normalized spacial score (nSPS) is 13.5. The van der Waals surface area contributed by atoms with Crippen LogP contribution in [-0.2, 0) is 11.0 Å². The highest BCUT2D eigenvalue weighted by Crippen LogP contribution is 2.38. The minimum atomic E-state index is -1.26. The SMILES string of the molecule is CC(C)(C)S(=O)N[C@H](c1ccccc1P(c1ccccc1)c1ccccc1)c1cccc2ccccc12. The lowest BCUT2D eigenvalue weighted by Gasteiger charge is -2.30. The Kier molecular flexibility index (Phi) is 7.67. The molecule has 0 aromatic heterocycles. The Morgan fingerprint density at radius 2 is 1.14 bits per heavy atom. The van der Waals surface area contributed by atoms with Crippen molar-refractivity contribution in [1.82, 2.24) is 4.72 Å². The monoisotopic (exact) mass is 521 g/mol. The van der Waals surface area contributed by atoms with Crippen molar-refractivity contribution in [3.05, 3.63) is 139 Å². The van der Waals surface area contributed by atoms with Gasteiger partial charge in [0.2, 0.25) is 0 Å². The van der Waals surface area contributed by atoms with Crippen molar-refractivity contribution in [2.45, 2.75) is 31.6 Å². The molecule has 0 bridgehead atoms. The molecule has 5 rings (SSSR count). The Hall–Kier alpha value is -3.10.